The van der Waals surface area contributed by atoms with Crippen LogP contribution in [0, 0.1) is 0 Å². The minimum absolute atomic E-state index is 0.0365. The maximum absolute atomic E-state index is 12.9. The second-order valence-electron chi connectivity index (χ2n) is 6.53. The second-order valence-corrected chi connectivity index (χ2v) is 8.74. The minimum atomic E-state index is -4.50. The van der Waals surface area contributed by atoms with Gasteiger partial charge in [0.05, 0.1) is 17.2 Å². The van der Waals surface area contributed by atoms with Gasteiger partial charge in [0.25, 0.3) is 0 Å². The van der Waals surface area contributed by atoms with Crippen molar-refractivity contribution >= 4 is 45.7 Å². The monoisotopic (exact) mass is 484 g/mol. The van der Waals surface area contributed by atoms with Gasteiger partial charge in [-0.25, -0.2) is 4.98 Å². The van der Waals surface area contributed by atoms with Crippen LogP contribution in [0.15, 0.2) is 41.0 Å². The van der Waals surface area contributed by atoms with Crippen molar-refractivity contribution < 1.29 is 22.8 Å². The molecule has 8 nitrogen and oxygen atoms in total. The summed E-state index contributed by atoms with van der Waals surface area (Å²) in [6, 6.07) is 4.40. The average Bonchev–Trinajstić information content (AvgIpc) is 3.37. The van der Waals surface area contributed by atoms with Crippen LogP contribution < -0.4 is 10.6 Å². The van der Waals surface area contributed by atoms with Crippen LogP contribution in [0.1, 0.15) is 25.2 Å². The normalized spacial score (nSPS) is 12.4. The molecule has 3 rings (SSSR count). The Bertz CT molecular complexity index is 1090. The lowest BCUT2D eigenvalue weighted by Gasteiger charge is -2.12. The molecule has 0 saturated heterocycles. The van der Waals surface area contributed by atoms with E-state index >= 15 is 0 Å². The Kier molecular flexibility index (Phi) is 7.51. The quantitative estimate of drug-likeness (QED) is 0.468. The first-order valence-corrected chi connectivity index (χ1v) is 11.2. The molecule has 3 aromatic rings. The maximum Gasteiger partial charge on any atom is 0.416 e. The van der Waals surface area contributed by atoms with Crippen molar-refractivity contribution in [3.63, 3.8) is 0 Å². The molecule has 0 radical (unpaired) electrons. The van der Waals surface area contributed by atoms with E-state index in [9.17, 15) is 22.8 Å². The molecule has 1 atom stereocenters. The predicted octanol–water partition coefficient (Wildman–Crippen LogP) is 4.07. The molecule has 32 heavy (non-hydrogen) atoms. The molecule has 0 saturated carbocycles. The third-order valence-corrected chi connectivity index (χ3v) is 5.98. The van der Waals surface area contributed by atoms with Crippen LogP contribution >= 0.6 is 23.1 Å². The molecular weight excluding hydrogens is 465 g/mol. The fraction of sp³-hybridized carbons (Fsp3) is 0.316. The first kappa shape index (κ1) is 23.7. The van der Waals surface area contributed by atoms with Crippen LogP contribution in [-0.2, 0) is 28.7 Å². The number of halogens is 3. The van der Waals surface area contributed by atoms with Gasteiger partial charge in [-0.1, -0.05) is 17.8 Å². The zero-order chi connectivity index (χ0) is 23.3. The molecule has 1 aromatic carbocycles. The van der Waals surface area contributed by atoms with Crippen molar-refractivity contribution in [3.05, 3.63) is 47.2 Å². The number of carbonyl (C=O) groups excluding carboxylic acids is 2. The van der Waals surface area contributed by atoms with Crippen LogP contribution in [0.2, 0.25) is 0 Å². The van der Waals surface area contributed by atoms with E-state index in [0.29, 0.717) is 22.7 Å². The molecule has 170 valence electrons. The third-order valence-electron chi connectivity index (χ3n) is 4.22. The number of amides is 2. The van der Waals surface area contributed by atoms with Crippen LogP contribution in [-0.4, -0.2) is 36.8 Å². The summed E-state index contributed by atoms with van der Waals surface area (Å²) in [4.78, 5) is 28.7. The maximum atomic E-state index is 12.9. The molecular formula is C19H19F3N6O2S2. The number of benzene rings is 1. The third kappa shape index (κ3) is 6.07. The summed E-state index contributed by atoms with van der Waals surface area (Å²) in [6.45, 7) is 3.99. The van der Waals surface area contributed by atoms with E-state index in [2.05, 4.69) is 25.8 Å². The Labute approximate surface area is 189 Å². The summed E-state index contributed by atoms with van der Waals surface area (Å²) >= 11 is 2.48. The van der Waals surface area contributed by atoms with Crippen LogP contribution in [0.25, 0.3) is 0 Å². The molecule has 2 aromatic heterocycles. The average molecular weight is 485 g/mol. The first-order chi connectivity index (χ1) is 15.2. The van der Waals surface area contributed by atoms with Gasteiger partial charge in [-0.15, -0.1) is 21.5 Å². The molecule has 0 fully saturated rings. The number of thioether (sulfide) groups is 1. The fourth-order valence-corrected chi connectivity index (χ4v) is 4.14. The van der Waals surface area contributed by atoms with Crippen molar-refractivity contribution in [1.82, 2.24) is 19.7 Å². The largest absolute Gasteiger partial charge is 0.416 e. The van der Waals surface area contributed by atoms with Crippen molar-refractivity contribution in [2.45, 2.75) is 43.4 Å². The van der Waals surface area contributed by atoms with Gasteiger partial charge < -0.3 is 15.2 Å². The number of alkyl halides is 3. The Morgan fingerprint density at radius 1 is 1.25 bits per heavy atom. The van der Waals surface area contributed by atoms with Gasteiger partial charge >= 0.3 is 6.18 Å². The number of aromatic nitrogens is 4. The van der Waals surface area contributed by atoms with E-state index in [4.69, 9.17) is 0 Å². The minimum Gasteiger partial charge on any atom is -0.326 e. The van der Waals surface area contributed by atoms with Crippen LogP contribution in [0.3, 0.4) is 0 Å². The molecule has 0 bridgehead atoms. The lowest BCUT2D eigenvalue weighted by atomic mass is 10.2. The first-order valence-electron chi connectivity index (χ1n) is 9.43. The van der Waals surface area contributed by atoms with Gasteiger partial charge in [-0.2, -0.15) is 13.2 Å². The molecule has 0 aliphatic carbocycles. The number of carbonyl (C=O) groups is 2. The van der Waals surface area contributed by atoms with Gasteiger partial charge in [0, 0.05) is 23.8 Å². The lowest BCUT2D eigenvalue weighted by Crippen LogP contribution is -2.23. The second kappa shape index (κ2) is 10.1. The summed E-state index contributed by atoms with van der Waals surface area (Å²) in [5, 5.41) is 15.4. The summed E-state index contributed by atoms with van der Waals surface area (Å²) < 4.78 is 40.2. The van der Waals surface area contributed by atoms with E-state index in [1.54, 1.807) is 23.1 Å². The van der Waals surface area contributed by atoms with E-state index in [-0.39, 0.29) is 18.0 Å². The van der Waals surface area contributed by atoms with Crippen molar-refractivity contribution in [2.24, 2.45) is 0 Å². The molecule has 13 heteroatoms. The highest BCUT2D eigenvalue weighted by atomic mass is 32.2. The molecule has 2 N–H and O–H groups in total. The number of nitrogens with one attached hydrogen (secondary N) is 2. The Balaban J connectivity index is 1.64. The van der Waals surface area contributed by atoms with Gasteiger partial charge in [-0.05, 0) is 32.0 Å². The van der Waals surface area contributed by atoms with Crippen molar-refractivity contribution in [2.75, 3.05) is 10.6 Å². The Hall–Kier alpha value is -2.93. The highest BCUT2D eigenvalue weighted by Crippen LogP contribution is 2.30. The van der Waals surface area contributed by atoms with Gasteiger partial charge in [0.1, 0.15) is 5.82 Å². The lowest BCUT2D eigenvalue weighted by molar-refractivity contribution is -0.137. The fourth-order valence-electron chi connectivity index (χ4n) is 2.68. The van der Waals surface area contributed by atoms with Gasteiger partial charge in [-0.3, -0.25) is 9.59 Å². The molecule has 0 unspecified atom stereocenters. The summed E-state index contributed by atoms with van der Waals surface area (Å²) in [5.74, 6) is -0.441. The van der Waals surface area contributed by atoms with Gasteiger partial charge in [0.2, 0.25) is 11.8 Å². The zero-order valence-corrected chi connectivity index (χ0v) is 18.6. The molecule has 0 aliphatic rings. The van der Waals surface area contributed by atoms with E-state index in [1.807, 2.05) is 6.92 Å². The molecule has 0 aliphatic heterocycles. The van der Waals surface area contributed by atoms with Crippen molar-refractivity contribution in [3.8, 4) is 0 Å². The molecule has 2 amide bonds. The number of hydrogen-bond acceptors (Lipinski definition) is 7. The number of hydrogen-bond donors (Lipinski definition) is 2. The smallest absolute Gasteiger partial charge is 0.326 e. The van der Waals surface area contributed by atoms with E-state index in [1.165, 1.54) is 35.2 Å². The Morgan fingerprint density at radius 3 is 2.69 bits per heavy atom. The number of nitrogens with zero attached hydrogens (tertiary/aromatic N) is 4. The predicted molar refractivity (Wildman–Crippen MR) is 116 cm³/mol. The summed E-state index contributed by atoms with van der Waals surface area (Å²) in [7, 11) is 0. The van der Waals surface area contributed by atoms with Crippen molar-refractivity contribution in [1.29, 1.82) is 0 Å². The number of rotatable bonds is 8. The standard InChI is InChI=1S/C19H19F3N6O2S2/c1-3-28-14(10-15(29)24-13-6-4-5-12(9-13)19(20,21)22)26-27-18(28)32-11(2)16(30)25-17-23-7-8-31-17/h4-9,11H,3,10H2,1-2H3,(H,24,29)(H,23,25,30)/t11-/m0/s1. The van der Waals surface area contributed by atoms with Crippen LogP contribution in [0.4, 0.5) is 24.0 Å². The van der Waals surface area contributed by atoms with E-state index < -0.39 is 22.9 Å². The topological polar surface area (TPSA) is 102 Å². The van der Waals surface area contributed by atoms with Gasteiger partial charge in [0.15, 0.2) is 10.3 Å². The molecule has 0 spiro atoms. The van der Waals surface area contributed by atoms with Crippen LogP contribution in [0.5, 0.6) is 0 Å². The highest BCUT2D eigenvalue weighted by Gasteiger charge is 2.30. The summed E-state index contributed by atoms with van der Waals surface area (Å²) in [5.41, 5.74) is -0.815. The summed E-state index contributed by atoms with van der Waals surface area (Å²) in [6.07, 6.45) is -3.10. The Morgan fingerprint density at radius 2 is 2.03 bits per heavy atom. The SMILES string of the molecule is CCn1c(CC(=O)Nc2cccc(C(F)(F)F)c2)nnc1S[C@@H](C)C(=O)Nc1nccs1. The number of anilines is 2. The number of thiazole rings is 1. The molecule has 2 heterocycles. The zero-order valence-electron chi connectivity index (χ0n) is 17.0. The van der Waals surface area contributed by atoms with E-state index in [0.717, 1.165) is 12.1 Å². The highest BCUT2D eigenvalue weighted by molar-refractivity contribution is 8.00.